The van der Waals surface area contributed by atoms with Gasteiger partial charge < -0.3 is 10.1 Å². The summed E-state index contributed by atoms with van der Waals surface area (Å²) in [6.45, 7) is -0.00306. The lowest BCUT2D eigenvalue weighted by molar-refractivity contribution is -0.137. The van der Waals surface area contributed by atoms with E-state index < -0.39 is 17.6 Å². The minimum atomic E-state index is -4.52. The van der Waals surface area contributed by atoms with Crippen LogP contribution in [0.5, 0.6) is 11.5 Å². The second-order valence-electron chi connectivity index (χ2n) is 5.89. The molecule has 1 N–H and O–H groups in total. The summed E-state index contributed by atoms with van der Waals surface area (Å²) >= 11 is 6.23. The Morgan fingerprint density at radius 2 is 1.68 bits per heavy atom. The van der Waals surface area contributed by atoms with Crippen LogP contribution in [0.4, 0.5) is 13.2 Å². The molecule has 3 aromatic rings. The van der Waals surface area contributed by atoms with Crippen LogP contribution in [0.2, 0.25) is 5.02 Å². The quantitative estimate of drug-likeness (QED) is 0.558. The normalized spacial score (nSPS) is 11.1. The molecule has 144 valence electrons. The second-order valence-corrected chi connectivity index (χ2v) is 6.30. The lowest BCUT2D eigenvalue weighted by Gasteiger charge is -2.14. The minimum absolute atomic E-state index is 0.00306. The maximum atomic E-state index is 12.8. The Morgan fingerprint density at radius 1 is 0.964 bits per heavy atom. The van der Waals surface area contributed by atoms with Crippen molar-refractivity contribution in [1.82, 2.24) is 5.32 Å². The topological polar surface area (TPSA) is 38.3 Å². The van der Waals surface area contributed by atoms with Gasteiger partial charge in [0, 0.05) is 22.7 Å². The lowest BCUT2D eigenvalue weighted by Crippen LogP contribution is -2.23. The number of halogens is 4. The average Bonchev–Trinajstić information content (AvgIpc) is 2.67. The number of alkyl halides is 3. The van der Waals surface area contributed by atoms with Crippen molar-refractivity contribution < 1.29 is 22.7 Å². The van der Waals surface area contributed by atoms with Gasteiger partial charge in [-0.3, -0.25) is 4.79 Å². The van der Waals surface area contributed by atoms with Crippen LogP contribution >= 0.6 is 11.6 Å². The van der Waals surface area contributed by atoms with E-state index in [9.17, 15) is 18.0 Å². The molecule has 0 aliphatic carbocycles. The number of rotatable bonds is 5. The van der Waals surface area contributed by atoms with E-state index in [0.717, 1.165) is 12.1 Å². The van der Waals surface area contributed by atoms with E-state index >= 15 is 0 Å². The maximum absolute atomic E-state index is 12.8. The number of hydrogen-bond acceptors (Lipinski definition) is 2. The molecule has 3 aromatic carbocycles. The highest BCUT2D eigenvalue weighted by Crippen LogP contribution is 2.31. The zero-order valence-electron chi connectivity index (χ0n) is 14.5. The fraction of sp³-hybridized carbons (Fsp3) is 0.0952. The molecule has 0 aliphatic rings. The highest BCUT2D eigenvalue weighted by Gasteiger charge is 2.30. The van der Waals surface area contributed by atoms with Gasteiger partial charge in [-0.2, -0.15) is 13.2 Å². The van der Waals surface area contributed by atoms with Gasteiger partial charge in [-0.1, -0.05) is 41.9 Å². The third-order valence-corrected chi connectivity index (χ3v) is 4.28. The van der Waals surface area contributed by atoms with E-state index in [1.54, 1.807) is 30.3 Å². The molecule has 0 bridgehead atoms. The Bertz CT molecular complexity index is 975. The molecule has 3 rings (SSSR count). The van der Waals surface area contributed by atoms with Crippen molar-refractivity contribution in [3.8, 4) is 11.5 Å². The second kappa shape index (κ2) is 8.35. The molecule has 0 radical (unpaired) electrons. The van der Waals surface area contributed by atoms with Crippen molar-refractivity contribution in [3.63, 3.8) is 0 Å². The number of carbonyl (C=O) groups excluding carboxylic acids is 1. The molecule has 0 spiro atoms. The van der Waals surface area contributed by atoms with Crippen molar-refractivity contribution in [2.24, 2.45) is 0 Å². The fourth-order valence-corrected chi connectivity index (χ4v) is 2.76. The van der Waals surface area contributed by atoms with Crippen LogP contribution in [0.15, 0.2) is 72.8 Å². The molecule has 0 heterocycles. The monoisotopic (exact) mass is 405 g/mol. The molecular weight excluding hydrogens is 391 g/mol. The summed E-state index contributed by atoms with van der Waals surface area (Å²) in [5.74, 6) is 0.398. The number of hydrogen-bond donors (Lipinski definition) is 1. The predicted molar refractivity (Wildman–Crippen MR) is 101 cm³/mol. The standard InChI is InChI=1S/C21H15ClF3NO2/c22-18-10-5-11-19(28-16-8-2-1-3-9-16)17(18)13-26-20(27)14-6-4-7-15(12-14)21(23,24)25/h1-12H,13H2,(H,26,27). The van der Waals surface area contributed by atoms with Crippen LogP contribution in [0.25, 0.3) is 0 Å². The van der Waals surface area contributed by atoms with Crippen molar-refractivity contribution in [1.29, 1.82) is 0 Å². The summed E-state index contributed by atoms with van der Waals surface area (Å²) in [5.41, 5.74) is -0.452. The third-order valence-electron chi connectivity index (χ3n) is 3.92. The Hall–Kier alpha value is -2.99. The smallest absolute Gasteiger partial charge is 0.416 e. The van der Waals surface area contributed by atoms with E-state index in [-0.39, 0.29) is 12.1 Å². The van der Waals surface area contributed by atoms with Gasteiger partial charge in [0.15, 0.2) is 0 Å². The average molecular weight is 406 g/mol. The Morgan fingerprint density at radius 3 is 2.39 bits per heavy atom. The van der Waals surface area contributed by atoms with Gasteiger partial charge in [-0.15, -0.1) is 0 Å². The molecular formula is C21H15ClF3NO2. The molecule has 0 aliphatic heterocycles. The summed E-state index contributed by atoms with van der Waals surface area (Å²) in [5, 5.41) is 2.96. The minimum Gasteiger partial charge on any atom is -0.457 e. The Balaban J connectivity index is 1.77. The van der Waals surface area contributed by atoms with E-state index in [2.05, 4.69) is 5.32 Å². The molecule has 0 saturated carbocycles. The Kier molecular flexibility index (Phi) is 5.90. The zero-order chi connectivity index (χ0) is 20.1. The van der Waals surface area contributed by atoms with Crippen LogP contribution in [0.3, 0.4) is 0 Å². The Labute approximate surface area is 164 Å². The van der Waals surface area contributed by atoms with E-state index in [1.807, 2.05) is 18.2 Å². The number of nitrogens with one attached hydrogen (secondary N) is 1. The highest BCUT2D eigenvalue weighted by atomic mass is 35.5. The van der Waals surface area contributed by atoms with Crippen molar-refractivity contribution in [3.05, 3.63) is 94.5 Å². The molecule has 1 amide bonds. The molecule has 0 saturated heterocycles. The first kappa shape index (κ1) is 19.8. The van der Waals surface area contributed by atoms with Gasteiger partial charge in [0.25, 0.3) is 5.91 Å². The van der Waals surface area contributed by atoms with Gasteiger partial charge in [-0.05, 0) is 42.5 Å². The first-order valence-corrected chi connectivity index (χ1v) is 8.68. The third kappa shape index (κ3) is 4.84. The maximum Gasteiger partial charge on any atom is 0.416 e. The molecule has 0 unspecified atom stereocenters. The molecule has 3 nitrogen and oxygen atoms in total. The summed E-state index contributed by atoms with van der Waals surface area (Å²) < 4.78 is 44.3. The van der Waals surface area contributed by atoms with Crippen LogP contribution in [0.1, 0.15) is 21.5 Å². The van der Waals surface area contributed by atoms with Gasteiger partial charge >= 0.3 is 6.18 Å². The molecule has 0 aromatic heterocycles. The number of amides is 1. The molecule has 0 fully saturated rings. The summed E-state index contributed by atoms with van der Waals surface area (Å²) in [6, 6.07) is 18.3. The van der Waals surface area contributed by atoms with Crippen LogP contribution in [-0.4, -0.2) is 5.91 Å². The number of carbonyl (C=O) groups is 1. The number of benzene rings is 3. The zero-order valence-corrected chi connectivity index (χ0v) is 15.2. The van der Waals surface area contributed by atoms with Crippen LogP contribution < -0.4 is 10.1 Å². The van der Waals surface area contributed by atoms with Gasteiger partial charge in [0.05, 0.1) is 5.56 Å². The predicted octanol–water partition coefficient (Wildman–Crippen LogP) is 6.08. The van der Waals surface area contributed by atoms with Crippen molar-refractivity contribution >= 4 is 17.5 Å². The van der Waals surface area contributed by atoms with Crippen molar-refractivity contribution in [2.45, 2.75) is 12.7 Å². The molecule has 0 atom stereocenters. The van der Waals surface area contributed by atoms with Crippen molar-refractivity contribution in [2.75, 3.05) is 0 Å². The first-order valence-electron chi connectivity index (χ1n) is 8.30. The van der Waals surface area contributed by atoms with Crippen LogP contribution in [-0.2, 0) is 12.7 Å². The SMILES string of the molecule is O=C(NCc1c(Cl)cccc1Oc1ccccc1)c1cccc(C(F)(F)F)c1. The molecule has 28 heavy (non-hydrogen) atoms. The van der Waals surface area contributed by atoms with Gasteiger partial charge in [-0.25, -0.2) is 0 Å². The van der Waals surface area contributed by atoms with Gasteiger partial charge in [0.2, 0.25) is 0 Å². The van der Waals surface area contributed by atoms with E-state index in [0.29, 0.717) is 22.1 Å². The van der Waals surface area contributed by atoms with Crippen LogP contribution in [0, 0.1) is 0 Å². The largest absolute Gasteiger partial charge is 0.457 e. The summed E-state index contributed by atoms with van der Waals surface area (Å²) in [6.07, 6.45) is -4.52. The lowest BCUT2D eigenvalue weighted by atomic mass is 10.1. The number of para-hydroxylation sites is 1. The fourth-order valence-electron chi connectivity index (χ4n) is 2.53. The highest BCUT2D eigenvalue weighted by molar-refractivity contribution is 6.31. The number of ether oxygens (including phenoxy) is 1. The summed E-state index contributed by atoms with van der Waals surface area (Å²) in [7, 11) is 0. The first-order chi connectivity index (χ1) is 13.3. The summed E-state index contributed by atoms with van der Waals surface area (Å²) in [4.78, 5) is 12.3. The van der Waals surface area contributed by atoms with Gasteiger partial charge in [0.1, 0.15) is 11.5 Å². The van der Waals surface area contributed by atoms with E-state index in [4.69, 9.17) is 16.3 Å². The molecule has 7 heteroatoms. The van der Waals surface area contributed by atoms with E-state index in [1.165, 1.54) is 12.1 Å².